The van der Waals surface area contributed by atoms with Gasteiger partial charge in [-0.25, -0.2) is 15.0 Å². The molecule has 0 radical (unpaired) electrons. The van der Waals surface area contributed by atoms with Crippen molar-refractivity contribution in [2.75, 3.05) is 0 Å². The molecular formula is C62H60N6. The molecule has 0 aliphatic carbocycles. The zero-order valence-corrected chi connectivity index (χ0v) is 40.0. The van der Waals surface area contributed by atoms with Crippen LogP contribution in [0.5, 0.6) is 0 Å². The van der Waals surface area contributed by atoms with Gasteiger partial charge in [-0.05, 0) is 152 Å². The summed E-state index contributed by atoms with van der Waals surface area (Å²) in [6.45, 7) is 9.01. The molecule has 338 valence electrons. The monoisotopic (exact) mass is 888 g/mol. The minimum absolute atomic E-state index is 0.546. The summed E-state index contributed by atoms with van der Waals surface area (Å²) in [7, 11) is 0. The van der Waals surface area contributed by atoms with Gasteiger partial charge in [-0.2, -0.15) is 5.26 Å². The Bertz CT molecular complexity index is 3340. The lowest BCUT2D eigenvalue weighted by atomic mass is 9.97. The molecule has 6 heteroatoms. The Hall–Kier alpha value is -7.36. The van der Waals surface area contributed by atoms with E-state index in [-0.39, 0.29) is 0 Å². The summed E-state index contributed by atoms with van der Waals surface area (Å²) in [6.07, 6.45) is 13.1. The van der Waals surface area contributed by atoms with Crippen LogP contribution in [-0.2, 0) is 25.7 Å². The molecule has 0 bridgehead atoms. The van der Waals surface area contributed by atoms with Crippen molar-refractivity contribution in [3.63, 3.8) is 0 Å². The summed E-state index contributed by atoms with van der Waals surface area (Å²) in [6, 6.07) is 55.1. The van der Waals surface area contributed by atoms with E-state index in [2.05, 4.69) is 182 Å². The highest BCUT2D eigenvalue weighted by molar-refractivity contribution is 6.19. The fourth-order valence-corrected chi connectivity index (χ4v) is 10.2. The number of unbranched alkanes of at least 4 members (excludes halogenated alkanes) is 4. The highest BCUT2D eigenvalue weighted by Gasteiger charge is 2.21. The van der Waals surface area contributed by atoms with Gasteiger partial charge in [0.1, 0.15) is 6.07 Å². The molecule has 0 spiro atoms. The molecule has 10 aromatic rings. The Morgan fingerprint density at radius 1 is 0.397 bits per heavy atom. The van der Waals surface area contributed by atoms with Gasteiger partial charge in [0.15, 0.2) is 17.5 Å². The number of benzene rings is 7. The summed E-state index contributed by atoms with van der Waals surface area (Å²) in [4.78, 5) is 15.9. The molecule has 3 aromatic heterocycles. The van der Waals surface area contributed by atoms with Crippen LogP contribution in [0.4, 0.5) is 0 Å². The van der Waals surface area contributed by atoms with Gasteiger partial charge in [0, 0.05) is 43.9 Å². The maximum absolute atomic E-state index is 11.1. The minimum atomic E-state index is 0.546. The second kappa shape index (κ2) is 19.9. The lowest BCUT2D eigenvalue weighted by molar-refractivity contribution is 0.780. The molecule has 0 unspecified atom stereocenters. The Kier molecular flexibility index (Phi) is 13.0. The van der Waals surface area contributed by atoms with Crippen LogP contribution < -0.4 is 0 Å². The average molecular weight is 889 g/mol. The molecule has 0 N–H and O–H groups in total. The van der Waals surface area contributed by atoms with Gasteiger partial charge in [0.25, 0.3) is 0 Å². The van der Waals surface area contributed by atoms with Crippen LogP contribution in [0.3, 0.4) is 0 Å². The summed E-state index contributed by atoms with van der Waals surface area (Å²) in [5.74, 6) is 1.89. The molecule has 0 saturated carbocycles. The van der Waals surface area contributed by atoms with E-state index >= 15 is 0 Å². The van der Waals surface area contributed by atoms with Gasteiger partial charge in [-0.3, -0.25) is 0 Å². The first kappa shape index (κ1) is 44.5. The number of hydrogen-bond donors (Lipinski definition) is 0. The zero-order chi connectivity index (χ0) is 46.6. The van der Waals surface area contributed by atoms with Crippen molar-refractivity contribution in [1.29, 1.82) is 5.26 Å². The number of rotatable bonds is 17. The van der Waals surface area contributed by atoms with E-state index in [0.717, 1.165) is 138 Å². The third kappa shape index (κ3) is 8.70. The van der Waals surface area contributed by atoms with Crippen LogP contribution >= 0.6 is 0 Å². The van der Waals surface area contributed by atoms with Crippen LogP contribution in [-0.4, -0.2) is 24.1 Å². The molecule has 3 heterocycles. The third-order valence-electron chi connectivity index (χ3n) is 13.6. The van der Waals surface area contributed by atoms with Crippen LogP contribution in [0.1, 0.15) is 107 Å². The summed E-state index contributed by atoms with van der Waals surface area (Å²) >= 11 is 0. The van der Waals surface area contributed by atoms with Gasteiger partial charge in [0.05, 0.1) is 33.3 Å². The predicted molar refractivity (Wildman–Crippen MR) is 284 cm³/mol. The molecule has 0 atom stereocenters. The maximum atomic E-state index is 11.1. The Morgan fingerprint density at radius 3 is 1.32 bits per heavy atom. The van der Waals surface area contributed by atoms with E-state index in [1.165, 1.54) is 33.0 Å². The molecule has 0 aliphatic rings. The molecule has 0 saturated heterocycles. The normalized spacial score (nSPS) is 11.6. The number of hydrogen-bond acceptors (Lipinski definition) is 4. The van der Waals surface area contributed by atoms with Crippen molar-refractivity contribution in [1.82, 2.24) is 24.1 Å². The first-order valence-electron chi connectivity index (χ1n) is 25.1. The van der Waals surface area contributed by atoms with E-state index < -0.39 is 0 Å². The first-order chi connectivity index (χ1) is 33.5. The van der Waals surface area contributed by atoms with Crippen molar-refractivity contribution in [2.45, 2.75) is 105 Å². The first-order valence-corrected chi connectivity index (χ1v) is 25.1. The van der Waals surface area contributed by atoms with E-state index in [9.17, 15) is 5.26 Å². The number of nitriles is 1. The number of nitrogens with zero attached hydrogens (tertiary/aromatic N) is 6. The Labute approximate surface area is 401 Å². The zero-order valence-electron chi connectivity index (χ0n) is 40.0. The van der Waals surface area contributed by atoms with Crippen molar-refractivity contribution in [2.24, 2.45) is 0 Å². The van der Waals surface area contributed by atoms with Crippen molar-refractivity contribution in [3.05, 3.63) is 173 Å². The number of para-hydroxylation sites is 3. The quantitative estimate of drug-likeness (QED) is 0.0913. The van der Waals surface area contributed by atoms with Gasteiger partial charge >= 0.3 is 0 Å². The van der Waals surface area contributed by atoms with Crippen LogP contribution in [0, 0.1) is 11.3 Å². The Morgan fingerprint density at radius 2 is 0.838 bits per heavy atom. The molecule has 0 amide bonds. The van der Waals surface area contributed by atoms with Crippen LogP contribution in [0.25, 0.3) is 89.2 Å². The lowest BCUT2D eigenvalue weighted by Gasteiger charge is -2.14. The maximum Gasteiger partial charge on any atom is 0.164 e. The van der Waals surface area contributed by atoms with E-state index in [4.69, 9.17) is 15.0 Å². The van der Waals surface area contributed by atoms with E-state index in [0.29, 0.717) is 23.0 Å². The number of aromatic nitrogens is 5. The fourth-order valence-electron chi connectivity index (χ4n) is 10.2. The molecule has 0 fully saturated rings. The highest BCUT2D eigenvalue weighted by Crippen LogP contribution is 2.40. The standard InChI is InChI=1S/C62H60N6/c1-5-9-20-42-32-43(21-10-6-2)35-47(34-42)61-64-60(65-62(66-61)48-36-44(22-11-7-3)33-45(37-48)23-12-8-4)46-30-31-55(49(38-46)41-63)68-57-29-19-17-27-52(57)54-39-53-51-26-16-18-28-56(51)67(58(53)40-59(54)68)50-24-14-13-15-25-50/h13-19,24-40H,5-12,20-23H2,1-4H3. The third-order valence-corrected chi connectivity index (χ3v) is 13.6. The van der Waals surface area contributed by atoms with Gasteiger partial charge < -0.3 is 9.13 Å². The Balaban J connectivity index is 1.17. The molecule has 7 aromatic carbocycles. The van der Waals surface area contributed by atoms with E-state index in [1.807, 2.05) is 6.07 Å². The predicted octanol–water partition coefficient (Wildman–Crippen LogP) is 16.3. The van der Waals surface area contributed by atoms with Crippen LogP contribution in [0.2, 0.25) is 0 Å². The van der Waals surface area contributed by atoms with Gasteiger partial charge in [-0.1, -0.05) is 120 Å². The largest absolute Gasteiger partial charge is 0.309 e. The highest BCUT2D eigenvalue weighted by atomic mass is 15.0. The molecule has 6 nitrogen and oxygen atoms in total. The smallest absolute Gasteiger partial charge is 0.164 e. The van der Waals surface area contributed by atoms with Crippen LogP contribution in [0.15, 0.2) is 146 Å². The number of fused-ring (bicyclic) bond motifs is 6. The average Bonchev–Trinajstić information content (AvgIpc) is 3.89. The molecule has 0 aliphatic heterocycles. The molecule has 10 rings (SSSR count). The van der Waals surface area contributed by atoms with Crippen molar-refractivity contribution >= 4 is 43.6 Å². The van der Waals surface area contributed by atoms with Gasteiger partial charge in [0.2, 0.25) is 0 Å². The summed E-state index contributed by atoms with van der Waals surface area (Å²) in [5, 5.41) is 15.8. The molecule has 68 heavy (non-hydrogen) atoms. The fraction of sp³-hybridized carbons (Fsp3) is 0.258. The second-order valence-electron chi connectivity index (χ2n) is 18.6. The minimum Gasteiger partial charge on any atom is -0.309 e. The topological polar surface area (TPSA) is 72.3 Å². The molecular weight excluding hydrogens is 829 g/mol. The van der Waals surface area contributed by atoms with Gasteiger partial charge in [-0.15, -0.1) is 0 Å². The number of aryl methyl sites for hydroxylation is 4. The summed E-state index contributed by atoms with van der Waals surface area (Å²) < 4.78 is 4.62. The summed E-state index contributed by atoms with van der Waals surface area (Å²) in [5.41, 5.74) is 14.9. The van der Waals surface area contributed by atoms with Crippen molar-refractivity contribution < 1.29 is 0 Å². The van der Waals surface area contributed by atoms with Crippen molar-refractivity contribution in [3.8, 4) is 51.6 Å². The SMILES string of the molecule is CCCCc1cc(CCCC)cc(-c2nc(-c3cc(CCCC)cc(CCCC)c3)nc(-c3ccc(-n4c5ccccc5c5cc6c7ccccc7n(-c7ccccc7)c6cc54)c(C#N)c3)n2)c1. The second-order valence-corrected chi connectivity index (χ2v) is 18.6. The lowest BCUT2D eigenvalue weighted by Crippen LogP contribution is -2.03. The van der Waals surface area contributed by atoms with E-state index in [1.54, 1.807) is 0 Å².